The third-order valence-corrected chi connectivity index (χ3v) is 8.13. The highest BCUT2D eigenvalue weighted by Gasteiger charge is 2.32. The fourth-order valence-electron chi connectivity index (χ4n) is 5.26. The Bertz CT molecular complexity index is 1300. The second-order valence-corrected chi connectivity index (χ2v) is 11.8. The zero-order valence-corrected chi connectivity index (χ0v) is 23.8. The van der Waals surface area contributed by atoms with Gasteiger partial charge in [-0.05, 0) is 60.9 Å². The molecule has 0 spiro atoms. The first-order valence-electron chi connectivity index (χ1n) is 13.8. The van der Waals surface area contributed by atoms with Crippen molar-refractivity contribution < 1.29 is 19.1 Å². The van der Waals surface area contributed by atoms with E-state index in [0.717, 1.165) is 47.8 Å². The van der Waals surface area contributed by atoms with Gasteiger partial charge in [0.15, 0.2) is 0 Å². The summed E-state index contributed by atoms with van der Waals surface area (Å²) in [6, 6.07) is 14.5. The van der Waals surface area contributed by atoms with Gasteiger partial charge in [0, 0.05) is 31.5 Å². The normalized spacial score (nSPS) is 18.7. The molecule has 2 amide bonds. The highest BCUT2D eigenvalue weighted by molar-refractivity contribution is 7.09. The Hall–Kier alpha value is -3.23. The van der Waals surface area contributed by atoms with E-state index < -0.39 is 0 Å². The summed E-state index contributed by atoms with van der Waals surface area (Å²) < 4.78 is 11.7. The fourth-order valence-corrected chi connectivity index (χ4v) is 5.94. The molecule has 1 aromatic heterocycles. The number of hydrogen-bond acceptors (Lipinski definition) is 6. The highest BCUT2D eigenvalue weighted by Crippen LogP contribution is 2.38. The number of rotatable bonds is 9. The Morgan fingerprint density at radius 3 is 2.77 bits per heavy atom. The Kier molecular flexibility index (Phi) is 8.63. The molecule has 0 bridgehead atoms. The van der Waals surface area contributed by atoms with E-state index in [4.69, 9.17) is 9.47 Å². The number of carbonyl (C=O) groups excluding carboxylic acids is 2. The lowest BCUT2D eigenvalue weighted by Gasteiger charge is -2.38. The van der Waals surface area contributed by atoms with Crippen molar-refractivity contribution in [1.82, 2.24) is 15.2 Å². The lowest BCUT2D eigenvalue weighted by atomic mass is 9.87. The summed E-state index contributed by atoms with van der Waals surface area (Å²) in [5.74, 6) is 1.02. The molecule has 7 nitrogen and oxygen atoms in total. The molecule has 5 rings (SSSR count). The van der Waals surface area contributed by atoms with Gasteiger partial charge in [-0.2, -0.15) is 0 Å². The van der Waals surface area contributed by atoms with Crippen molar-refractivity contribution >= 4 is 23.2 Å². The first kappa shape index (κ1) is 27.3. The SMILES string of the molecule is Cc1ccc([C@@H]2c3cc(OCc4nc(C(=O)NC[C@H]5CCCO5)cs4)ccc3CCN2C(=O)CC(C)C)cc1. The summed E-state index contributed by atoms with van der Waals surface area (Å²) in [5, 5.41) is 5.42. The van der Waals surface area contributed by atoms with Crippen LogP contribution in [0.4, 0.5) is 0 Å². The van der Waals surface area contributed by atoms with E-state index in [9.17, 15) is 9.59 Å². The maximum absolute atomic E-state index is 13.3. The van der Waals surface area contributed by atoms with Crippen LogP contribution in [0.2, 0.25) is 0 Å². The van der Waals surface area contributed by atoms with Crippen molar-refractivity contribution in [3.05, 3.63) is 80.8 Å². The van der Waals surface area contributed by atoms with Crippen LogP contribution >= 0.6 is 11.3 Å². The Morgan fingerprint density at radius 1 is 1.21 bits per heavy atom. The highest BCUT2D eigenvalue weighted by atomic mass is 32.1. The van der Waals surface area contributed by atoms with Crippen molar-refractivity contribution in [2.24, 2.45) is 5.92 Å². The third kappa shape index (κ3) is 6.68. The predicted octanol–water partition coefficient (Wildman–Crippen LogP) is 5.46. The summed E-state index contributed by atoms with van der Waals surface area (Å²) in [5.41, 5.74) is 5.04. The van der Waals surface area contributed by atoms with E-state index >= 15 is 0 Å². The standard InChI is InChI=1S/C31H37N3O4S/c1-20(2)15-29(35)34-13-12-22-10-11-24(16-26(22)30(34)23-8-6-21(3)7-9-23)38-18-28-33-27(19-39-28)31(36)32-17-25-5-4-14-37-25/h6-11,16,19-20,25,30H,4-5,12-15,17-18H2,1-3H3,(H,32,36)/t25-,30-/m1/s1. The van der Waals surface area contributed by atoms with E-state index in [2.05, 4.69) is 67.5 Å². The van der Waals surface area contributed by atoms with Crippen molar-refractivity contribution in [2.45, 2.75) is 65.2 Å². The summed E-state index contributed by atoms with van der Waals surface area (Å²) in [4.78, 5) is 32.3. The zero-order valence-electron chi connectivity index (χ0n) is 22.9. The molecule has 2 atom stereocenters. The van der Waals surface area contributed by atoms with Gasteiger partial charge < -0.3 is 19.7 Å². The van der Waals surface area contributed by atoms with Crippen LogP contribution in [-0.2, 0) is 22.6 Å². The van der Waals surface area contributed by atoms with Gasteiger partial charge in [-0.15, -0.1) is 11.3 Å². The average Bonchev–Trinajstić information content (AvgIpc) is 3.62. The van der Waals surface area contributed by atoms with Gasteiger partial charge in [0.2, 0.25) is 5.91 Å². The minimum Gasteiger partial charge on any atom is -0.486 e. The van der Waals surface area contributed by atoms with Crippen molar-refractivity contribution in [3.63, 3.8) is 0 Å². The van der Waals surface area contributed by atoms with Crippen LogP contribution in [0.1, 0.15) is 76.9 Å². The molecule has 206 valence electrons. The van der Waals surface area contributed by atoms with Gasteiger partial charge in [-0.25, -0.2) is 4.98 Å². The topological polar surface area (TPSA) is 80.8 Å². The molecule has 39 heavy (non-hydrogen) atoms. The van der Waals surface area contributed by atoms with Crippen LogP contribution in [0.5, 0.6) is 5.75 Å². The first-order valence-corrected chi connectivity index (χ1v) is 14.7. The Labute approximate surface area is 234 Å². The van der Waals surface area contributed by atoms with Crippen molar-refractivity contribution in [2.75, 3.05) is 19.7 Å². The molecule has 2 aromatic carbocycles. The zero-order chi connectivity index (χ0) is 27.4. The van der Waals surface area contributed by atoms with E-state index in [1.807, 2.05) is 11.0 Å². The van der Waals surface area contributed by atoms with Crippen LogP contribution in [0, 0.1) is 12.8 Å². The van der Waals surface area contributed by atoms with E-state index in [1.54, 1.807) is 5.38 Å². The number of hydrogen-bond donors (Lipinski definition) is 1. The summed E-state index contributed by atoms with van der Waals surface area (Å²) in [7, 11) is 0. The van der Waals surface area contributed by atoms with Gasteiger partial charge >= 0.3 is 0 Å². The van der Waals surface area contributed by atoms with Crippen LogP contribution in [0.3, 0.4) is 0 Å². The number of ether oxygens (including phenoxy) is 2. The first-order chi connectivity index (χ1) is 18.9. The molecule has 3 heterocycles. The monoisotopic (exact) mass is 547 g/mol. The molecule has 2 aliphatic heterocycles. The van der Waals surface area contributed by atoms with Crippen molar-refractivity contribution in [1.29, 1.82) is 0 Å². The molecule has 2 aliphatic rings. The molecule has 0 aliphatic carbocycles. The van der Waals surface area contributed by atoms with Gasteiger partial charge in [-0.3, -0.25) is 9.59 Å². The lowest BCUT2D eigenvalue weighted by molar-refractivity contribution is -0.134. The molecule has 0 unspecified atom stereocenters. The molecular weight excluding hydrogens is 510 g/mol. The van der Waals surface area contributed by atoms with Crippen LogP contribution in [-0.4, -0.2) is 47.5 Å². The maximum atomic E-state index is 13.3. The second kappa shape index (κ2) is 12.3. The third-order valence-electron chi connectivity index (χ3n) is 7.30. The minimum absolute atomic E-state index is 0.0970. The number of thiazole rings is 1. The minimum atomic E-state index is -0.186. The van der Waals surface area contributed by atoms with Gasteiger partial charge in [0.05, 0.1) is 12.1 Å². The number of nitrogens with one attached hydrogen (secondary N) is 1. The Morgan fingerprint density at radius 2 is 2.03 bits per heavy atom. The predicted molar refractivity (Wildman–Crippen MR) is 152 cm³/mol. The largest absolute Gasteiger partial charge is 0.486 e. The number of nitrogens with zero attached hydrogens (tertiary/aromatic N) is 2. The molecule has 1 N–H and O–H groups in total. The van der Waals surface area contributed by atoms with Gasteiger partial charge in [0.1, 0.15) is 23.1 Å². The average molecular weight is 548 g/mol. The number of fused-ring (bicyclic) bond motifs is 1. The molecular formula is C31H37N3O4S. The quantitative estimate of drug-likeness (QED) is 0.385. The number of amides is 2. The number of carbonyl (C=O) groups is 2. The molecule has 0 radical (unpaired) electrons. The fraction of sp³-hybridized carbons (Fsp3) is 0.452. The molecule has 8 heteroatoms. The summed E-state index contributed by atoms with van der Waals surface area (Å²) >= 11 is 1.41. The van der Waals surface area contributed by atoms with Crippen LogP contribution in [0.25, 0.3) is 0 Å². The molecule has 0 saturated carbocycles. The Balaban J connectivity index is 1.30. The van der Waals surface area contributed by atoms with Crippen LogP contribution < -0.4 is 10.1 Å². The second-order valence-electron chi connectivity index (χ2n) is 10.9. The summed E-state index contributed by atoms with van der Waals surface area (Å²) in [6.45, 7) is 8.49. The van der Waals surface area contributed by atoms with Gasteiger partial charge in [0.25, 0.3) is 5.91 Å². The number of benzene rings is 2. The molecule has 1 saturated heterocycles. The van der Waals surface area contributed by atoms with E-state index in [0.29, 0.717) is 31.1 Å². The van der Waals surface area contributed by atoms with E-state index in [1.165, 1.54) is 22.5 Å². The van der Waals surface area contributed by atoms with Crippen LogP contribution in [0.15, 0.2) is 47.8 Å². The molecule has 1 fully saturated rings. The maximum Gasteiger partial charge on any atom is 0.270 e. The molecule has 3 aromatic rings. The smallest absolute Gasteiger partial charge is 0.270 e. The van der Waals surface area contributed by atoms with E-state index in [-0.39, 0.29) is 30.6 Å². The lowest BCUT2D eigenvalue weighted by Crippen LogP contribution is -2.41. The number of aryl methyl sites for hydroxylation is 1. The van der Waals surface area contributed by atoms with Gasteiger partial charge in [-0.1, -0.05) is 49.7 Å². The summed E-state index contributed by atoms with van der Waals surface area (Å²) in [6.07, 6.45) is 3.46. The van der Waals surface area contributed by atoms with Crippen molar-refractivity contribution in [3.8, 4) is 5.75 Å². The number of aromatic nitrogens is 1.